The third kappa shape index (κ3) is 2.18. The summed E-state index contributed by atoms with van der Waals surface area (Å²) in [7, 11) is 0. The SMILES string of the molecule is C#CCN(CC)C(=O)c1cccc2ncccc12. The molecule has 1 amide bonds. The summed E-state index contributed by atoms with van der Waals surface area (Å²) < 4.78 is 0. The van der Waals surface area contributed by atoms with Crippen LogP contribution in [0.3, 0.4) is 0 Å². The van der Waals surface area contributed by atoms with Gasteiger partial charge in [-0.2, -0.15) is 0 Å². The predicted molar refractivity (Wildman–Crippen MR) is 72.2 cm³/mol. The van der Waals surface area contributed by atoms with Crippen LogP contribution in [0.15, 0.2) is 36.5 Å². The van der Waals surface area contributed by atoms with Crippen molar-refractivity contribution >= 4 is 16.8 Å². The second-order valence-electron chi connectivity index (χ2n) is 3.90. The van der Waals surface area contributed by atoms with Gasteiger partial charge in [0.1, 0.15) is 0 Å². The maximum absolute atomic E-state index is 12.4. The largest absolute Gasteiger partial charge is 0.328 e. The lowest BCUT2D eigenvalue weighted by Crippen LogP contribution is -2.31. The van der Waals surface area contributed by atoms with E-state index in [1.165, 1.54) is 0 Å². The number of nitrogens with zero attached hydrogens (tertiary/aromatic N) is 2. The van der Waals surface area contributed by atoms with Crippen LogP contribution in [0.1, 0.15) is 17.3 Å². The van der Waals surface area contributed by atoms with Crippen LogP contribution in [0.4, 0.5) is 0 Å². The molecule has 0 spiro atoms. The summed E-state index contributed by atoms with van der Waals surface area (Å²) in [5.74, 6) is 2.46. The molecule has 0 aliphatic heterocycles. The van der Waals surface area contributed by atoms with E-state index in [0.717, 1.165) is 10.9 Å². The Labute approximate surface area is 106 Å². The van der Waals surface area contributed by atoms with Gasteiger partial charge in [-0.25, -0.2) is 0 Å². The molecule has 0 radical (unpaired) electrons. The lowest BCUT2D eigenvalue weighted by molar-refractivity contribution is 0.0787. The number of hydrogen-bond acceptors (Lipinski definition) is 2. The Morgan fingerprint density at radius 1 is 1.39 bits per heavy atom. The molecule has 3 nitrogen and oxygen atoms in total. The lowest BCUT2D eigenvalue weighted by Gasteiger charge is -2.18. The van der Waals surface area contributed by atoms with Crippen molar-refractivity contribution in [3.05, 3.63) is 42.1 Å². The fraction of sp³-hybridized carbons (Fsp3) is 0.200. The lowest BCUT2D eigenvalue weighted by atomic mass is 10.1. The van der Waals surface area contributed by atoms with Crippen LogP contribution in [-0.4, -0.2) is 28.9 Å². The fourth-order valence-corrected chi connectivity index (χ4v) is 1.90. The van der Waals surface area contributed by atoms with Crippen molar-refractivity contribution in [1.29, 1.82) is 0 Å². The molecule has 0 fully saturated rings. The number of aromatic nitrogens is 1. The van der Waals surface area contributed by atoms with Gasteiger partial charge in [0, 0.05) is 23.7 Å². The normalized spacial score (nSPS) is 10.0. The highest BCUT2D eigenvalue weighted by Gasteiger charge is 2.15. The third-order valence-corrected chi connectivity index (χ3v) is 2.83. The number of amides is 1. The number of terminal acetylenes is 1. The van der Waals surface area contributed by atoms with Crippen molar-refractivity contribution < 1.29 is 4.79 Å². The number of benzene rings is 1. The van der Waals surface area contributed by atoms with Crippen LogP contribution >= 0.6 is 0 Å². The van der Waals surface area contributed by atoms with Crippen LogP contribution < -0.4 is 0 Å². The Morgan fingerprint density at radius 3 is 2.94 bits per heavy atom. The molecular weight excluding hydrogens is 224 g/mol. The maximum atomic E-state index is 12.4. The van der Waals surface area contributed by atoms with Gasteiger partial charge in [-0.05, 0) is 25.1 Å². The third-order valence-electron chi connectivity index (χ3n) is 2.83. The van der Waals surface area contributed by atoms with E-state index in [2.05, 4.69) is 10.9 Å². The van der Waals surface area contributed by atoms with E-state index in [1.54, 1.807) is 11.1 Å². The van der Waals surface area contributed by atoms with Crippen molar-refractivity contribution in [2.75, 3.05) is 13.1 Å². The van der Waals surface area contributed by atoms with Crippen LogP contribution in [0.25, 0.3) is 10.9 Å². The maximum Gasteiger partial charge on any atom is 0.255 e. The molecule has 0 saturated carbocycles. The van der Waals surface area contributed by atoms with Crippen molar-refractivity contribution in [3.8, 4) is 12.3 Å². The standard InChI is InChI=1S/C15H14N2O/c1-3-11-17(4-2)15(18)13-7-5-9-14-12(13)8-6-10-16-14/h1,5-10H,4,11H2,2H3. The van der Waals surface area contributed by atoms with Gasteiger partial charge in [0.25, 0.3) is 5.91 Å². The van der Waals surface area contributed by atoms with E-state index >= 15 is 0 Å². The van der Waals surface area contributed by atoms with Gasteiger partial charge in [-0.15, -0.1) is 6.42 Å². The molecule has 0 unspecified atom stereocenters. The number of rotatable bonds is 3. The number of carbonyl (C=O) groups excluding carboxylic acids is 1. The minimum Gasteiger partial charge on any atom is -0.328 e. The Kier molecular flexibility index (Phi) is 3.59. The summed E-state index contributed by atoms with van der Waals surface area (Å²) in [6, 6.07) is 9.28. The molecule has 1 aromatic carbocycles. The van der Waals surface area contributed by atoms with Crippen molar-refractivity contribution in [2.24, 2.45) is 0 Å². The monoisotopic (exact) mass is 238 g/mol. The van der Waals surface area contributed by atoms with E-state index in [9.17, 15) is 4.79 Å². The Bertz CT molecular complexity index is 608. The molecule has 18 heavy (non-hydrogen) atoms. The molecule has 3 heteroatoms. The first-order valence-corrected chi connectivity index (χ1v) is 5.84. The predicted octanol–water partition coefficient (Wildman–Crippen LogP) is 2.33. The minimum absolute atomic E-state index is 0.0472. The van der Waals surface area contributed by atoms with Crippen LogP contribution in [-0.2, 0) is 0 Å². The summed E-state index contributed by atoms with van der Waals surface area (Å²) in [4.78, 5) is 18.3. The second kappa shape index (κ2) is 5.33. The molecule has 0 aliphatic rings. The zero-order chi connectivity index (χ0) is 13.0. The second-order valence-corrected chi connectivity index (χ2v) is 3.90. The molecule has 0 aliphatic carbocycles. The molecule has 1 heterocycles. The first kappa shape index (κ1) is 12.1. The molecule has 90 valence electrons. The van der Waals surface area contributed by atoms with Gasteiger partial charge in [0.2, 0.25) is 0 Å². The summed E-state index contributed by atoms with van der Waals surface area (Å²) in [5.41, 5.74) is 1.47. The van der Waals surface area contributed by atoms with Gasteiger partial charge < -0.3 is 4.90 Å². The molecule has 2 aromatic rings. The quantitative estimate of drug-likeness (QED) is 0.769. The highest BCUT2D eigenvalue weighted by molar-refractivity contribution is 6.06. The van der Waals surface area contributed by atoms with Gasteiger partial charge in [0.15, 0.2) is 0 Å². The van der Waals surface area contributed by atoms with E-state index in [1.807, 2.05) is 37.3 Å². The van der Waals surface area contributed by atoms with E-state index in [4.69, 9.17) is 6.42 Å². The molecule has 0 saturated heterocycles. The fourth-order valence-electron chi connectivity index (χ4n) is 1.90. The molecule has 2 rings (SSSR count). The van der Waals surface area contributed by atoms with Gasteiger partial charge in [-0.1, -0.05) is 18.1 Å². The highest BCUT2D eigenvalue weighted by atomic mass is 16.2. The molecule has 0 N–H and O–H groups in total. The average Bonchev–Trinajstić information content (AvgIpc) is 2.43. The van der Waals surface area contributed by atoms with Gasteiger partial charge in [-0.3, -0.25) is 9.78 Å². The minimum atomic E-state index is -0.0472. The zero-order valence-corrected chi connectivity index (χ0v) is 10.3. The average molecular weight is 238 g/mol. The summed E-state index contributed by atoms with van der Waals surface area (Å²) >= 11 is 0. The topological polar surface area (TPSA) is 33.2 Å². The number of fused-ring (bicyclic) bond motifs is 1. The van der Waals surface area contributed by atoms with Crippen molar-refractivity contribution in [1.82, 2.24) is 9.88 Å². The molecular formula is C15H14N2O. The molecule has 0 atom stereocenters. The zero-order valence-electron chi connectivity index (χ0n) is 10.3. The number of carbonyl (C=O) groups is 1. The van der Waals surface area contributed by atoms with Crippen LogP contribution in [0.2, 0.25) is 0 Å². The molecule has 1 aromatic heterocycles. The van der Waals surface area contributed by atoms with E-state index in [-0.39, 0.29) is 5.91 Å². The smallest absolute Gasteiger partial charge is 0.255 e. The van der Waals surface area contributed by atoms with Crippen LogP contribution in [0, 0.1) is 12.3 Å². The Hall–Kier alpha value is -2.34. The first-order valence-electron chi connectivity index (χ1n) is 5.84. The Balaban J connectivity index is 2.48. The van der Waals surface area contributed by atoms with Crippen molar-refractivity contribution in [2.45, 2.75) is 6.92 Å². The number of pyridine rings is 1. The summed E-state index contributed by atoms with van der Waals surface area (Å²) in [6.07, 6.45) is 7.00. The van der Waals surface area contributed by atoms with Gasteiger partial charge in [0.05, 0.1) is 12.1 Å². The van der Waals surface area contributed by atoms with Crippen molar-refractivity contribution in [3.63, 3.8) is 0 Å². The van der Waals surface area contributed by atoms with Crippen LogP contribution in [0.5, 0.6) is 0 Å². The summed E-state index contributed by atoms with van der Waals surface area (Å²) in [5, 5.41) is 0.862. The first-order chi connectivity index (χ1) is 8.77. The van der Waals surface area contributed by atoms with Gasteiger partial charge >= 0.3 is 0 Å². The Morgan fingerprint density at radius 2 is 2.22 bits per heavy atom. The van der Waals surface area contributed by atoms with E-state index in [0.29, 0.717) is 18.7 Å². The summed E-state index contributed by atoms with van der Waals surface area (Å²) in [6.45, 7) is 2.84. The number of hydrogen-bond donors (Lipinski definition) is 0. The van der Waals surface area contributed by atoms with E-state index < -0.39 is 0 Å². The highest BCUT2D eigenvalue weighted by Crippen LogP contribution is 2.18. The molecule has 0 bridgehead atoms.